The van der Waals surface area contributed by atoms with Crippen LogP contribution in [-0.2, 0) is 27.9 Å². The summed E-state index contributed by atoms with van der Waals surface area (Å²) in [6.07, 6.45) is 0. The van der Waals surface area contributed by atoms with E-state index in [0.29, 0.717) is 0 Å². The molecule has 12 aromatic carbocycles. The Hall–Kier alpha value is -9.23. The smallest absolute Gasteiger partial charge is 0.456 e. The van der Waals surface area contributed by atoms with Crippen LogP contribution in [-0.4, -0.2) is 55.0 Å². The van der Waals surface area contributed by atoms with Gasteiger partial charge in [-0.2, -0.15) is 0 Å². The number of benzene rings is 12. The molecule has 0 spiro atoms. The van der Waals surface area contributed by atoms with Gasteiger partial charge < -0.3 is 41.2 Å². The molecule has 3 aliphatic rings. The van der Waals surface area contributed by atoms with Gasteiger partial charge in [0.15, 0.2) is 0 Å². The van der Waals surface area contributed by atoms with Crippen molar-refractivity contribution >= 4 is 136 Å². The molecule has 12 heteroatoms. The molecule has 0 aliphatic carbocycles. The van der Waals surface area contributed by atoms with Crippen molar-refractivity contribution in [1.29, 1.82) is 0 Å². The second kappa shape index (κ2) is 22.7. The lowest BCUT2D eigenvalue weighted by molar-refractivity contribution is 0.00578. The van der Waals surface area contributed by atoms with Crippen LogP contribution in [0.1, 0.15) is 83.1 Å². The van der Waals surface area contributed by atoms with Gasteiger partial charge >= 0.3 is 21.4 Å². The molecule has 9 nitrogen and oxygen atoms in total. The Bertz CT molecular complexity index is 5500. The maximum Gasteiger partial charge on any atom is 0.495 e. The molecular formula is C84H75B3O9. The quantitative estimate of drug-likeness (QED) is 0.151. The molecule has 0 unspecified atom stereocenters. The van der Waals surface area contributed by atoms with Crippen molar-refractivity contribution in [2.45, 2.75) is 117 Å². The van der Waals surface area contributed by atoms with Gasteiger partial charge in [0.25, 0.3) is 0 Å². The number of para-hydroxylation sites is 2. The normalized spacial score (nSPS) is 17.6. The molecule has 0 saturated carbocycles. The Labute approximate surface area is 560 Å². The maximum atomic E-state index is 6.42. The minimum absolute atomic E-state index is 0.356. The maximum absolute atomic E-state index is 6.42. The fraction of sp³-hybridized carbons (Fsp3) is 0.214. The van der Waals surface area contributed by atoms with E-state index in [0.717, 1.165) is 121 Å². The molecule has 0 N–H and O–H groups in total. The average Bonchev–Trinajstić information content (AvgIpc) is 1.56. The Morgan fingerprint density at radius 3 is 1.22 bits per heavy atom. The van der Waals surface area contributed by atoms with Crippen LogP contribution in [0.15, 0.2) is 250 Å². The number of furan rings is 3. The molecular weight excluding hydrogens is 1190 g/mol. The van der Waals surface area contributed by atoms with Crippen molar-refractivity contribution in [2.75, 3.05) is 0 Å². The molecule has 3 aliphatic heterocycles. The lowest BCUT2D eigenvalue weighted by Gasteiger charge is -2.32. The van der Waals surface area contributed by atoms with Crippen molar-refractivity contribution in [2.24, 2.45) is 0 Å². The van der Waals surface area contributed by atoms with Crippen molar-refractivity contribution < 1.29 is 41.2 Å². The molecule has 0 amide bonds. The van der Waals surface area contributed by atoms with E-state index >= 15 is 0 Å². The van der Waals surface area contributed by atoms with Crippen LogP contribution in [0.2, 0.25) is 0 Å². The summed E-state index contributed by atoms with van der Waals surface area (Å²) in [6, 6.07) is 82.6. The number of rotatable bonds is 6. The minimum atomic E-state index is -0.396. The van der Waals surface area contributed by atoms with E-state index in [1.165, 1.54) is 26.9 Å². The lowest BCUT2D eigenvalue weighted by Crippen LogP contribution is -2.41. The zero-order valence-corrected chi connectivity index (χ0v) is 56.4. The third-order valence-corrected chi connectivity index (χ3v) is 21.3. The molecule has 0 atom stereocenters. The largest absolute Gasteiger partial charge is 0.495 e. The average molecular weight is 1260 g/mol. The first kappa shape index (κ1) is 61.6. The summed E-state index contributed by atoms with van der Waals surface area (Å²) in [5.41, 5.74) is 13.1. The van der Waals surface area contributed by atoms with Crippen molar-refractivity contribution in [3.05, 3.63) is 237 Å². The summed E-state index contributed by atoms with van der Waals surface area (Å²) in [5, 5.41) is 14.0. The Morgan fingerprint density at radius 2 is 0.615 bits per heavy atom. The van der Waals surface area contributed by atoms with Gasteiger partial charge in [-0.1, -0.05) is 176 Å². The summed E-state index contributed by atoms with van der Waals surface area (Å²) in [7, 11) is -1.16. The summed E-state index contributed by atoms with van der Waals surface area (Å²) in [4.78, 5) is 0. The van der Waals surface area contributed by atoms with E-state index in [4.69, 9.17) is 41.2 Å². The van der Waals surface area contributed by atoms with Crippen LogP contribution in [0, 0.1) is 0 Å². The second-order valence-electron chi connectivity index (χ2n) is 29.1. The third-order valence-electron chi connectivity index (χ3n) is 21.3. The van der Waals surface area contributed by atoms with Gasteiger partial charge in [0, 0.05) is 37.9 Å². The first-order valence-corrected chi connectivity index (χ1v) is 33.4. The van der Waals surface area contributed by atoms with Crippen LogP contribution in [0.3, 0.4) is 0 Å². The first-order valence-electron chi connectivity index (χ1n) is 33.4. The highest BCUT2D eigenvalue weighted by molar-refractivity contribution is 6.64. The monoisotopic (exact) mass is 1260 g/mol. The highest BCUT2D eigenvalue weighted by Gasteiger charge is 2.54. The number of fused-ring (bicyclic) bond motifs is 12. The van der Waals surface area contributed by atoms with E-state index in [2.05, 4.69) is 301 Å². The summed E-state index contributed by atoms with van der Waals surface area (Å²) in [5.74, 6) is 0. The van der Waals surface area contributed by atoms with Crippen LogP contribution in [0.5, 0.6) is 0 Å². The van der Waals surface area contributed by atoms with Crippen LogP contribution >= 0.6 is 0 Å². The zero-order chi connectivity index (χ0) is 66.3. The molecule has 3 saturated heterocycles. The van der Waals surface area contributed by atoms with E-state index < -0.39 is 7.12 Å². The lowest BCUT2D eigenvalue weighted by atomic mass is 9.74. The number of hydrogen-bond acceptors (Lipinski definition) is 9. The van der Waals surface area contributed by atoms with E-state index in [9.17, 15) is 0 Å². The highest BCUT2D eigenvalue weighted by atomic mass is 16.7. The van der Waals surface area contributed by atoms with Crippen molar-refractivity contribution in [3.8, 4) is 33.4 Å². The molecule has 6 heterocycles. The third kappa shape index (κ3) is 10.7. The molecule has 96 heavy (non-hydrogen) atoms. The summed E-state index contributed by atoms with van der Waals surface area (Å²) in [6.45, 7) is 25.0. The number of hydrogen-bond donors (Lipinski definition) is 0. The molecule has 0 bridgehead atoms. The first-order chi connectivity index (χ1) is 46.0. The molecule has 18 rings (SSSR count). The summed E-state index contributed by atoms with van der Waals surface area (Å²) >= 11 is 0. The second-order valence-corrected chi connectivity index (χ2v) is 29.1. The van der Waals surface area contributed by atoms with E-state index in [1.807, 2.05) is 18.2 Å². The van der Waals surface area contributed by atoms with Gasteiger partial charge in [-0.15, -0.1) is 0 Å². The van der Waals surface area contributed by atoms with Crippen molar-refractivity contribution in [3.63, 3.8) is 0 Å². The molecule has 474 valence electrons. The molecule has 3 aromatic heterocycles. The Balaban J connectivity index is 0.000000113. The zero-order valence-electron chi connectivity index (χ0n) is 56.4. The van der Waals surface area contributed by atoms with Gasteiger partial charge in [-0.25, -0.2) is 0 Å². The SMILES string of the molecule is CC1(C)OB(c2cccc(-c3ccc4oc5cc6ccccc6cc5c4c3)c2)OC1(C)C.CC1(C)OB(c2cccc(-c3cccc4c3oc3cc5ccccc5cc34)c2)OC1(C)C.CC1(C)OB(c2ccccc2-c2ccc3cc4oc5ccccc5c4cc3c2)OC1(C)C. The fourth-order valence-electron chi connectivity index (χ4n) is 13.6. The van der Waals surface area contributed by atoms with Crippen molar-refractivity contribution in [1.82, 2.24) is 0 Å². The van der Waals surface area contributed by atoms with Crippen LogP contribution < -0.4 is 16.4 Å². The van der Waals surface area contributed by atoms with Gasteiger partial charge in [-0.05, 0) is 220 Å². The predicted octanol–water partition coefficient (Wildman–Crippen LogP) is 20.1. The molecule has 15 aromatic rings. The van der Waals surface area contributed by atoms with Gasteiger partial charge in [0.05, 0.1) is 33.6 Å². The molecule has 0 radical (unpaired) electrons. The Morgan fingerprint density at radius 1 is 0.229 bits per heavy atom. The minimum Gasteiger partial charge on any atom is -0.456 e. The van der Waals surface area contributed by atoms with Gasteiger partial charge in [-0.3, -0.25) is 0 Å². The van der Waals surface area contributed by atoms with E-state index in [-0.39, 0.29) is 47.8 Å². The predicted molar refractivity (Wildman–Crippen MR) is 397 cm³/mol. The van der Waals surface area contributed by atoms with Crippen LogP contribution in [0.25, 0.3) is 132 Å². The van der Waals surface area contributed by atoms with Gasteiger partial charge in [0.1, 0.15) is 33.5 Å². The van der Waals surface area contributed by atoms with Crippen LogP contribution in [0.4, 0.5) is 0 Å². The summed E-state index contributed by atoms with van der Waals surface area (Å²) < 4.78 is 56.4. The topological polar surface area (TPSA) is 94.8 Å². The molecule has 3 fully saturated rings. The highest BCUT2D eigenvalue weighted by Crippen LogP contribution is 2.43. The van der Waals surface area contributed by atoms with E-state index in [1.54, 1.807) is 0 Å². The van der Waals surface area contributed by atoms with Gasteiger partial charge in [0.2, 0.25) is 0 Å². The standard InChI is InChI=1S/3C28H25BO3/c1-27(2)28(3,4)32-29(31-27)24-11-7-5-9-21(24)19-14-13-18-17-26-23(16-20(18)15-19)22-10-6-8-12-25(22)30-26;1-27(2)28(3,4)32-29(31-27)21-12-7-11-20(15-21)22-13-8-14-23-24-16-18-9-5-6-10-19(18)17-25(24)30-26(22)23;1-27(2)28(3,4)32-29(31-27)22-11-7-10-18(14-22)21-12-13-25-23(16-21)24-15-19-8-5-6-9-20(19)17-26(24)30-25/h3*5-17H,1-4H3. The Kier molecular flexibility index (Phi) is 14.6. The fourth-order valence-corrected chi connectivity index (χ4v) is 13.6.